The molecule has 1 atom stereocenters. The van der Waals surface area contributed by atoms with Gasteiger partial charge in [0.1, 0.15) is 5.69 Å². The lowest BCUT2D eigenvalue weighted by Gasteiger charge is -2.48. The maximum absolute atomic E-state index is 13.1. The monoisotopic (exact) mass is 367 g/mol. The van der Waals surface area contributed by atoms with Gasteiger partial charge in [-0.1, -0.05) is 6.07 Å². The smallest absolute Gasteiger partial charge is 0.272 e. The molecule has 2 aromatic heterocycles. The van der Waals surface area contributed by atoms with E-state index in [9.17, 15) is 4.79 Å². The summed E-state index contributed by atoms with van der Waals surface area (Å²) in [6, 6.07) is 6.01. The van der Waals surface area contributed by atoms with Crippen LogP contribution in [-0.4, -0.2) is 56.7 Å². The van der Waals surface area contributed by atoms with Crippen LogP contribution in [0.3, 0.4) is 0 Å². The van der Waals surface area contributed by atoms with Crippen molar-refractivity contribution < 1.29 is 4.79 Å². The van der Waals surface area contributed by atoms with Crippen molar-refractivity contribution in [1.29, 1.82) is 0 Å². The van der Waals surface area contributed by atoms with E-state index in [0.717, 1.165) is 51.4 Å². The van der Waals surface area contributed by atoms with Crippen molar-refractivity contribution in [3.63, 3.8) is 0 Å². The number of pyridine rings is 1. The fraction of sp³-hybridized carbons (Fsp3) is 0.571. The van der Waals surface area contributed by atoms with E-state index in [1.54, 1.807) is 10.9 Å². The number of aryl methyl sites for hydroxylation is 1. The number of aromatic nitrogens is 3. The quantitative estimate of drug-likeness (QED) is 0.834. The molecule has 1 unspecified atom stereocenters. The fourth-order valence-electron chi connectivity index (χ4n) is 4.84. The third-order valence-electron chi connectivity index (χ3n) is 6.05. The van der Waals surface area contributed by atoms with Crippen LogP contribution in [0.25, 0.3) is 0 Å². The molecule has 4 heterocycles. The summed E-state index contributed by atoms with van der Waals surface area (Å²) in [7, 11) is 0. The third-order valence-corrected chi connectivity index (χ3v) is 6.05. The molecule has 6 nitrogen and oxygen atoms in total. The Hall–Kier alpha value is -2.21. The highest BCUT2D eigenvalue weighted by Crippen LogP contribution is 2.39. The summed E-state index contributed by atoms with van der Waals surface area (Å²) in [5, 5.41) is 4.27. The molecule has 2 fully saturated rings. The molecule has 2 aliphatic rings. The predicted molar refractivity (Wildman–Crippen MR) is 104 cm³/mol. The fourth-order valence-corrected chi connectivity index (χ4v) is 4.84. The van der Waals surface area contributed by atoms with Crippen molar-refractivity contribution in [2.75, 3.05) is 26.2 Å². The van der Waals surface area contributed by atoms with Crippen molar-refractivity contribution in [1.82, 2.24) is 24.6 Å². The third kappa shape index (κ3) is 3.90. The Bertz CT molecular complexity index is 770. The van der Waals surface area contributed by atoms with Crippen LogP contribution in [0.2, 0.25) is 0 Å². The number of carbonyl (C=O) groups excluding carboxylic acids is 1. The van der Waals surface area contributed by atoms with E-state index in [2.05, 4.69) is 25.9 Å². The summed E-state index contributed by atoms with van der Waals surface area (Å²) >= 11 is 0. The van der Waals surface area contributed by atoms with Crippen LogP contribution in [0.1, 0.15) is 48.7 Å². The molecular weight excluding hydrogens is 338 g/mol. The second-order valence-electron chi connectivity index (χ2n) is 8.04. The van der Waals surface area contributed by atoms with E-state index in [1.807, 2.05) is 31.5 Å². The molecule has 1 spiro atoms. The van der Waals surface area contributed by atoms with Gasteiger partial charge >= 0.3 is 0 Å². The maximum atomic E-state index is 13.1. The molecule has 0 aromatic carbocycles. The molecule has 0 radical (unpaired) electrons. The van der Waals surface area contributed by atoms with E-state index in [1.165, 1.54) is 24.8 Å². The largest absolute Gasteiger partial charge is 0.337 e. The second kappa shape index (κ2) is 7.80. The van der Waals surface area contributed by atoms with E-state index in [0.29, 0.717) is 0 Å². The van der Waals surface area contributed by atoms with Gasteiger partial charge in [0.2, 0.25) is 0 Å². The molecule has 0 aliphatic carbocycles. The molecule has 1 amide bonds. The van der Waals surface area contributed by atoms with Crippen LogP contribution < -0.4 is 0 Å². The molecule has 6 heteroatoms. The van der Waals surface area contributed by atoms with Crippen LogP contribution in [0.4, 0.5) is 0 Å². The number of amides is 1. The van der Waals surface area contributed by atoms with E-state index >= 15 is 0 Å². The Morgan fingerprint density at radius 2 is 2.00 bits per heavy atom. The van der Waals surface area contributed by atoms with Gasteiger partial charge in [-0.3, -0.25) is 19.4 Å². The van der Waals surface area contributed by atoms with Gasteiger partial charge in [-0.05, 0) is 56.8 Å². The molecule has 0 bridgehead atoms. The lowest BCUT2D eigenvalue weighted by molar-refractivity contribution is 0.0108. The van der Waals surface area contributed by atoms with Gasteiger partial charge in [0.15, 0.2) is 0 Å². The number of hydrogen-bond donors (Lipinski definition) is 0. The molecule has 144 valence electrons. The Kier molecular flexibility index (Phi) is 5.25. The first kappa shape index (κ1) is 18.2. The number of rotatable bonds is 4. The summed E-state index contributed by atoms with van der Waals surface area (Å²) in [5.41, 5.74) is 2.22. The Balaban J connectivity index is 1.45. The summed E-state index contributed by atoms with van der Waals surface area (Å²) in [6.45, 7) is 7.63. The lowest BCUT2D eigenvalue weighted by Crippen LogP contribution is -2.53. The minimum absolute atomic E-state index is 0.137. The number of likely N-dealkylation sites (tertiary alicyclic amines) is 2. The average molecular weight is 367 g/mol. The summed E-state index contributed by atoms with van der Waals surface area (Å²) in [6.07, 6.45) is 10.2. The molecule has 2 aromatic rings. The zero-order chi connectivity index (χ0) is 18.7. The summed E-state index contributed by atoms with van der Waals surface area (Å²) in [5.74, 6) is 0.137. The Morgan fingerprint density at radius 3 is 2.78 bits per heavy atom. The van der Waals surface area contributed by atoms with Crippen LogP contribution in [0.15, 0.2) is 36.8 Å². The average Bonchev–Trinajstić information content (AvgIpc) is 3.17. The highest BCUT2D eigenvalue weighted by Gasteiger charge is 2.40. The SMILES string of the molecule is CCn1nccc1C(=O)N1CCCC2(CCCN(Cc3cccnc3)C2)C1. The van der Waals surface area contributed by atoms with Gasteiger partial charge in [-0.2, -0.15) is 5.10 Å². The van der Waals surface area contributed by atoms with E-state index in [4.69, 9.17) is 0 Å². The maximum Gasteiger partial charge on any atom is 0.272 e. The van der Waals surface area contributed by atoms with Crippen LogP contribution >= 0.6 is 0 Å². The molecule has 2 aliphatic heterocycles. The molecule has 27 heavy (non-hydrogen) atoms. The molecule has 0 N–H and O–H groups in total. The van der Waals surface area contributed by atoms with Crippen LogP contribution in [0, 0.1) is 5.41 Å². The van der Waals surface area contributed by atoms with E-state index in [-0.39, 0.29) is 11.3 Å². The van der Waals surface area contributed by atoms with Crippen molar-refractivity contribution in [3.05, 3.63) is 48.0 Å². The normalized spacial score (nSPS) is 23.7. The van der Waals surface area contributed by atoms with Crippen molar-refractivity contribution >= 4 is 5.91 Å². The predicted octanol–water partition coefficient (Wildman–Crippen LogP) is 2.82. The summed E-state index contributed by atoms with van der Waals surface area (Å²) < 4.78 is 1.80. The zero-order valence-electron chi connectivity index (χ0n) is 16.2. The first-order chi connectivity index (χ1) is 13.2. The van der Waals surface area contributed by atoms with Gasteiger partial charge in [0, 0.05) is 56.7 Å². The zero-order valence-corrected chi connectivity index (χ0v) is 16.2. The number of carbonyl (C=O) groups is 1. The highest BCUT2D eigenvalue weighted by atomic mass is 16.2. The minimum Gasteiger partial charge on any atom is -0.337 e. The number of nitrogens with zero attached hydrogens (tertiary/aromatic N) is 5. The number of hydrogen-bond acceptors (Lipinski definition) is 4. The van der Waals surface area contributed by atoms with Gasteiger partial charge < -0.3 is 4.90 Å². The van der Waals surface area contributed by atoms with Gasteiger partial charge in [-0.25, -0.2) is 0 Å². The highest BCUT2D eigenvalue weighted by molar-refractivity contribution is 5.92. The first-order valence-corrected chi connectivity index (χ1v) is 10.1. The van der Waals surface area contributed by atoms with Crippen LogP contribution in [-0.2, 0) is 13.1 Å². The van der Waals surface area contributed by atoms with Crippen molar-refractivity contribution in [2.45, 2.75) is 45.7 Å². The summed E-state index contributed by atoms with van der Waals surface area (Å²) in [4.78, 5) is 21.9. The second-order valence-corrected chi connectivity index (χ2v) is 8.04. The molecule has 4 rings (SSSR count). The Morgan fingerprint density at radius 1 is 1.15 bits per heavy atom. The first-order valence-electron chi connectivity index (χ1n) is 10.1. The van der Waals surface area contributed by atoms with Gasteiger partial charge in [0.05, 0.1) is 0 Å². The minimum atomic E-state index is 0.137. The van der Waals surface area contributed by atoms with Crippen molar-refractivity contribution in [2.24, 2.45) is 5.41 Å². The van der Waals surface area contributed by atoms with E-state index < -0.39 is 0 Å². The molecular formula is C21H29N5O. The van der Waals surface area contributed by atoms with Gasteiger partial charge in [0.25, 0.3) is 5.91 Å². The lowest BCUT2D eigenvalue weighted by atomic mass is 9.73. The number of piperidine rings is 2. The van der Waals surface area contributed by atoms with Gasteiger partial charge in [-0.15, -0.1) is 0 Å². The van der Waals surface area contributed by atoms with Crippen LogP contribution in [0.5, 0.6) is 0 Å². The standard InChI is InChI=1S/C21H29N5O/c1-2-26-19(7-11-23-26)20(27)25-13-5-9-21(17-25)8-4-12-24(16-21)15-18-6-3-10-22-14-18/h3,6-7,10-11,14H,2,4-5,8-9,12-13,15-17H2,1H3. The topological polar surface area (TPSA) is 54.3 Å². The van der Waals surface area contributed by atoms with Crippen molar-refractivity contribution in [3.8, 4) is 0 Å². The Labute approximate surface area is 161 Å². The molecule has 2 saturated heterocycles. The molecule has 0 saturated carbocycles.